The smallest absolute Gasteiger partial charge is 0.400 e. The van der Waals surface area contributed by atoms with Crippen molar-refractivity contribution in [3.8, 4) is 0 Å². The predicted octanol–water partition coefficient (Wildman–Crippen LogP) is 1.09. The average Bonchev–Trinajstić information content (AvgIpc) is 2.19. The standard InChI is InChI=1S/C11H23F3N4O/c1-10(2,7-18(3)4)6-16-5-8(9(15)17-19)11(12,13)14/h8,16,19H,5-7H2,1-4H3,(H2,15,17). The van der Waals surface area contributed by atoms with Gasteiger partial charge < -0.3 is 21.2 Å². The monoisotopic (exact) mass is 284 g/mol. The zero-order chi connectivity index (χ0) is 15.3. The van der Waals surface area contributed by atoms with Crippen LogP contribution in [0.3, 0.4) is 0 Å². The number of nitrogens with zero attached hydrogens (tertiary/aromatic N) is 2. The fourth-order valence-corrected chi connectivity index (χ4v) is 1.92. The van der Waals surface area contributed by atoms with Crippen LogP contribution in [0.1, 0.15) is 13.8 Å². The number of amidine groups is 1. The van der Waals surface area contributed by atoms with E-state index in [1.54, 1.807) is 0 Å². The summed E-state index contributed by atoms with van der Waals surface area (Å²) in [7, 11) is 3.80. The summed E-state index contributed by atoms with van der Waals surface area (Å²) in [5, 5.41) is 13.6. The Hall–Kier alpha value is -1.02. The van der Waals surface area contributed by atoms with E-state index in [2.05, 4.69) is 10.5 Å². The summed E-state index contributed by atoms with van der Waals surface area (Å²) in [5.41, 5.74) is 4.89. The molecule has 0 radical (unpaired) electrons. The molecule has 0 saturated heterocycles. The van der Waals surface area contributed by atoms with Gasteiger partial charge in [-0.05, 0) is 19.5 Å². The molecule has 0 bridgehead atoms. The van der Waals surface area contributed by atoms with Crippen LogP contribution in [-0.4, -0.2) is 55.8 Å². The van der Waals surface area contributed by atoms with E-state index in [-0.39, 0.29) is 5.41 Å². The molecule has 0 fully saturated rings. The molecule has 0 spiro atoms. The Balaban J connectivity index is 4.44. The summed E-state index contributed by atoms with van der Waals surface area (Å²) >= 11 is 0. The maximum absolute atomic E-state index is 12.7. The second-order valence-corrected chi connectivity index (χ2v) is 5.65. The van der Waals surface area contributed by atoms with Gasteiger partial charge in [0.2, 0.25) is 0 Å². The molecule has 0 aliphatic heterocycles. The van der Waals surface area contributed by atoms with E-state index in [1.165, 1.54) is 0 Å². The minimum Gasteiger partial charge on any atom is -0.409 e. The molecule has 5 nitrogen and oxygen atoms in total. The fourth-order valence-electron chi connectivity index (χ4n) is 1.92. The van der Waals surface area contributed by atoms with Crippen LogP contribution in [0.2, 0.25) is 0 Å². The first-order chi connectivity index (χ1) is 8.49. The molecule has 0 aliphatic rings. The molecule has 8 heteroatoms. The van der Waals surface area contributed by atoms with Gasteiger partial charge in [-0.3, -0.25) is 0 Å². The Morgan fingerprint density at radius 1 is 1.37 bits per heavy atom. The lowest BCUT2D eigenvalue weighted by atomic mass is 9.92. The first-order valence-electron chi connectivity index (χ1n) is 5.89. The Morgan fingerprint density at radius 2 is 1.89 bits per heavy atom. The van der Waals surface area contributed by atoms with Crippen molar-refractivity contribution in [2.75, 3.05) is 33.7 Å². The van der Waals surface area contributed by atoms with Crippen molar-refractivity contribution in [1.29, 1.82) is 0 Å². The van der Waals surface area contributed by atoms with E-state index in [0.717, 1.165) is 6.54 Å². The molecule has 0 saturated carbocycles. The van der Waals surface area contributed by atoms with Gasteiger partial charge in [0, 0.05) is 19.6 Å². The molecule has 1 unspecified atom stereocenters. The Morgan fingerprint density at radius 3 is 2.26 bits per heavy atom. The molecule has 0 aromatic rings. The van der Waals surface area contributed by atoms with Gasteiger partial charge in [0.25, 0.3) is 0 Å². The Kier molecular flexibility index (Phi) is 6.58. The Labute approximate surface area is 111 Å². The van der Waals surface area contributed by atoms with E-state index in [9.17, 15) is 13.2 Å². The number of alkyl halides is 3. The highest BCUT2D eigenvalue weighted by Gasteiger charge is 2.42. The van der Waals surface area contributed by atoms with Crippen LogP contribution in [-0.2, 0) is 0 Å². The van der Waals surface area contributed by atoms with Crippen LogP contribution in [0.5, 0.6) is 0 Å². The van der Waals surface area contributed by atoms with Crippen LogP contribution in [0.25, 0.3) is 0 Å². The second kappa shape index (κ2) is 6.95. The number of rotatable bonds is 7. The van der Waals surface area contributed by atoms with Gasteiger partial charge in [-0.2, -0.15) is 13.2 Å². The van der Waals surface area contributed by atoms with Gasteiger partial charge in [0.1, 0.15) is 5.92 Å². The fraction of sp³-hybridized carbons (Fsp3) is 0.909. The largest absolute Gasteiger partial charge is 0.409 e. The van der Waals surface area contributed by atoms with E-state index >= 15 is 0 Å². The van der Waals surface area contributed by atoms with Gasteiger partial charge in [0.05, 0.1) is 0 Å². The predicted molar refractivity (Wildman–Crippen MR) is 68.2 cm³/mol. The van der Waals surface area contributed by atoms with Gasteiger partial charge in [-0.1, -0.05) is 19.0 Å². The van der Waals surface area contributed by atoms with Crippen LogP contribution < -0.4 is 11.1 Å². The van der Waals surface area contributed by atoms with Gasteiger partial charge >= 0.3 is 6.18 Å². The van der Waals surface area contributed by atoms with Crippen LogP contribution in [0.15, 0.2) is 5.16 Å². The third kappa shape index (κ3) is 7.22. The summed E-state index contributed by atoms with van der Waals surface area (Å²) < 4.78 is 38.0. The summed E-state index contributed by atoms with van der Waals surface area (Å²) in [5.74, 6) is -2.81. The molecule has 4 N–H and O–H groups in total. The van der Waals surface area contributed by atoms with Crippen molar-refractivity contribution in [3.63, 3.8) is 0 Å². The number of hydrogen-bond acceptors (Lipinski definition) is 4. The van der Waals surface area contributed by atoms with Crippen molar-refractivity contribution in [2.45, 2.75) is 20.0 Å². The number of oxime groups is 1. The van der Waals surface area contributed by atoms with E-state index in [4.69, 9.17) is 10.9 Å². The maximum Gasteiger partial charge on any atom is 0.400 e. The minimum absolute atomic E-state index is 0.176. The molecular formula is C11H23F3N4O. The number of hydrogen-bond donors (Lipinski definition) is 3. The lowest BCUT2D eigenvalue weighted by Gasteiger charge is -2.29. The molecule has 1 atom stereocenters. The van der Waals surface area contributed by atoms with E-state index in [1.807, 2.05) is 32.8 Å². The second-order valence-electron chi connectivity index (χ2n) is 5.65. The van der Waals surface area contributed by atoms with E-state index < -0.39 is 24.5 Å². The first-order valence-corrected chi connectivity index (χ1v) is 5.89. The topological polar surface area (TPSA) is 73.9 Å². The highest BCUT2D eigenvalue weighted by atomic mass is 19.4. The van der Waals surface area contributed by atoms with Gasteiger partial charge in [-0.25, -0.2) is 0 Å². The summed E-state index contributed by atoms with van der Waals surface area (Å²) in [4.78, 5) is 1.96. The first kappa shape index (κ1) is 18.0. The van der Waals surface area contributed by atoms with Crippen molar-refractivity contribution in [2.24, 2.45) is 22.2 Å². The molecule has 0 aliphatic carbocycles. The number of halogens is 3. The highest BCUT2D eigenvalue weighted by Crippen LogP contribution is 2.26. The molecule has 0 heterocycles. The molecule has 0 amide bonds. The molecule has 19 heavy (non-hydrogen) atoms. The third-order valence-corrected chi connectivity index (χ3v) is 2.56. The van der Waals surface area contributed by atoms with Gasteiger partial charge in [-0.15, -0.1) is 0 Å². The van der Waals surface area contributed by atoms with E-state index in [0.29, 0.717) is 6.54 Å². The lowest BCUT2D eigenvalue weighted by molar-refractivity contribution is -0.155. The minimum atomic E-state index is -4.53. The quantitative estimate of drug-likeness (QED) is 0.283. The molecular weight excluding hydrogens is 261 g/mol. The molecule has 114 valence electrons. The van der Waals surface area contributed by atoms with Crippen LogP contribution >= 0.6 is 0 Å². The van der Waals surface area contributed by atoms with Crippen LogP contribution in [0.4, 0.5) is 13.2 Å². The van der Waals surface area contributed by atoms with Gasteiger partial charge in [0.15, 0.2) is 5.84 Å². The molecule has 0 rings (SSSR count). The number of nitrogens with two attached hydrogens (primary N) is 1. The lowest BCUT2D eigenvalue weighted by Crippen LogP contribution is -2.46. The molecule has 0 aromatic heterocycles. The zero-order valence-electron chi connectivity index (χ0n) is 11.8. The van der Waals surface area contributed by atoms with Crippen molar-refractivity contribution < 1.29 is 18.4 Å². The number of nitrogens with one attached hydrogen (secondary N) is 1. The van der Waals surface area contributed by atoms with Crippen molar-refractivity contribution in [1.82, 2.24) is 10.2 Å². The average molecular weight is 284 g/mol. The molecule has 0 aromatic carbocycles. The highest BCUT2D eigenvalue weighted by molar-refractivity contribution is 5.83. The van der Waals surface area contributed by atoms with Crippen molar-refractivity contribution >= 4 is 5.84 Å². The third-order valence-electron chi connectivity index (χ3n) is 2.56. The maximum atomic E-state index is 12.7. The van der Waals surface area contributed by atoms with Crippen LogP contribution in [0, 0.1) is 11.3 Å². The zero-order valence-corrected chi connectivity index (χ0v) is 11.8. The van der Waals surface area contributed by atoms with Crippen molar-refractivity contribution in [3.05, 3.63) is 0 Å². The summed E-state index contributed by atoms with van der Waals surface area (Å²) in [6, 6.07) is 0. The summed E-state index contributed by atoms with van der Waals surface area (Å²) in [6.45, 7) is 4.63. The Bertz CT molecular complexity index is 303. The SMILES string of the molecule is CN(C)CC(C)(C)CNCC(C(N)=NO)C(F)(F)F. The summed E-state index contributed by atoms with van der Waals surface area (Å²) in [6.07, 6.45) is -4.53. The normalized spacial score (nSPS) is 15.9.